The van der Waals surface area contributed by atoms with Crippen LogP contribution in [0.3, 0.4) is 0 Å². The number of hydrogen-bond acceptors (Lipinski definition) is 5. The molecule has 1 amide bonds. The van der Waals surface area contributed by atoms with Crippen molar-refractivity contribution in [3.05, 3.63) is 62.7 Å². The molecule has 2 aromatic carbocycles. The molecule has 0 saturated carbocycles. The van der Waals surface area contributed by atoms with Crippen LogP contribution in [0.1, 0.15) is 18.1 Å². The highest BCUT2D eigenvalue weighted by atomic mass is 35.5. The van der Waals surface area contributed by atoms with Gasteiger partial charge in [-0.05, 0) is 31.0 Å². The van der Waals surface area contributed by atoms with Crippen molar-refractivity contribution in [3.63, 3.8) is 0 Å². The molecule has 27 heavy (non-hydrogen) atoms. The largest absolute Gasteiger partial charge is 0.325 e. The van der Waals surface area contributed by atoms with Crippen molar-refractivity contribution in [1.82, 2.24) is 4.72 Å². The lowest BCUT2D eigenvalue weighted by Crippen LogP contribution is -2.33. The Morgan fingerprint density at radius 2 is 1.93 bits per heavy atom. The normalized spacial score (nSPS) is 11.2. The first-order valence-electron chi connectivity index (χ1n) is 7.97. The average molecular weight is 412 g/mol. The van der Waals surface area contributed by atoms with Gasteiger partial charge < -0.3 is 5.32 Å². The highest BCUT2D eigenvalue weighted by Gasteiger charge is 2.23. The number of carbonyl (C=O) groups is 1. The molecule has 0 fully saturated rings. The van der Waals surface area contributed by atoms with Crippen LogP contribution in [0.15, 0.2) is 41.3 Å². The predicted molar refractivity (Wildman–Crippen MR) is 102 cm³/mol. The van der Waals surface area contributed by atoms with Crippen molar-refractivity contribution in [2.45, 2.75) is 25.2 Å². The number of nitrogens with one attached hydrogen (secondary N) is 2. The van der Waals surface area contributed by atoms with E-state index in [1.54, 1.807) is 12.1 Å². The first kappa shape index (κ1) is 20.8. The molecule has 2 N–H and O–H groups in total. The number of sulfonamides is 1. The Balaban J connectivity index is 2.15. The minimum Gasteiger partial charge on any atom is -0.325 e. The third-order valence-corrected chi connectivity index (χ3v) is 5.67. The number of halogens is 1. The number of rotatable bonds is 7. The van der Waals surface area contributed by atoms with Crippen molar-refractivity contribution in [1.29, 1.82) is 0 Å². The molecule has 0 aliphatic carbocycles. The maximum atomic E-state index is 12.4. The summed E-state index contributed by atoms with van der Waals surface area (Å²) in [5, 5.41) is 13.6. The summed E-state index contributed by atoms with van der Waals surface area (Å²) < 4.78 is 26.9. The molecule has 0 unspecified atom stereocenters. The molecule has 2 aromatic rings. The summed E-state index contributed by atoms with van der Waals surface area (Å²) in [6.07, 6.45) is 0.702. The Hall–Kier alpha value is -2.49. The van der Waals surface area contributed by atoms with Crippen molar-refractivity contribution < 1.29 is 18.1 Å². The molecule has 0 aliphatic heterocycles. The maximum absolute atomic E-state index is 12.4. The van der Waals surface area contributed by atoms with Crippen LogP contribution in [0.4, 0.5) is 11.4 Å². The molecule has 0 saturated heterocycles. The monoisotopic (exact) mass is 411 g/mol. The first-order chi connectivity index (χ1) is 12.7. The molecule has 0 aliphatic rings. The van der Waals surface area contributed by atoms with Gasteiger partial charge in [0.15, 0.2) is 0 Å². The lowest BCUT2D eigenvalue weighted by molar-refractivity contribution is -0.385. The van der Waals surface area contributed by atoms with Crippen LogP contribution in [0.5, 0.6) is 0 Å². The summed E-state index contributed by atoms with van der Waals surface area (Å²) in [7, 11) is -4.16. The SMILES string of the molecule is CCc1ccccc1NC(=O)CNS(=O)(=O)c1cc(Cl)c(C)c([N+](=O)[O-])c1. The Morgan fingerprint density at radius 1 is 1.26 bits per heavy atom. The fourth-order valence-corrected chi connectivity index (χ4v) is 3.68. The number of nitro groups is 1. The molecule has 2 rings (SSSR count). The van der Waals surface area contributed by atoms with Gasteiger partial charge in [0.25, 0.3) is 5.69 Å². The minimum absolute atomic E-state index is 0.0501. The molecule has 0 spiro atoms. The fraction of sp³-hybridized carbons (Fsp3) is 0.235. The zero-order chi connectivity index (χ0) is 20.2. The van der Waals surface area contributed by atoms with Gasteiger partial charge in [0, 0.05) is 17.3 Å². The topological polar surface area (TPSA) is 118 Å². The lowest BCUT2D eigenvalue weighted by Gasteiger charge is -2.11. The Kier molecular flexibility index (Phi) is 6.53. The molecule has 10 heteroatoms. The molecule has 144 valence electrons. The summed E-state index contributed by atoms with van der Waals surface area (Å²) in [6, 6.07) is 9.18. The quantitative estimate of drug-likeness (QED) is 0.536. The number of hydrogen-bond donors (Lipinski definition) is 2. The second-order valence-electron chi connectivity index (χ2n) is 5.69. The Labute approximate surface area is 161 Å². The molecule has 0 heterocycles. The highest BCUT2D eigenvalue weighted by molar-refractivity contribution is 7.89. The van der Waals surface area contributed by atoms with Gasteiger partial charge in [-0.2, -0.15) is 0 Å². The van der Waals surface area contributed by atoms with Crippen molar-refractivity contribution in [2.75, 3.05) is 11.9 Å². The summed E-state index contributed by atoms with van der Waals surface area (Å²) in [5.41, 5.74) is 1.26. The van der Waals surface area contributed by atoms with Gasteiger partial charge in [-0.3, -0.25) is 14.9 Å². The van der Waals surface area contributed by atoms with E-state index >= 15 is 0 Å². The number of nitrogens with zero attached hydrogens (tertiary/aromatic N) is 1. The van der Waals surface area contributed by atoms with Crippen LogP contribution >= 0.6 is 11.6 Å². The van der Waals surface area contributed by atoms with E-state index in [2.05, 4.69) is 10.0 Å². The smallest absolute Gasteiger partial charge is 0.275 e. The van der Waals surface area contributed by atoms with Crippen LogP contribution in [-0.2, 0) is 21.2 Å². The molecule has 0 atom stereocenters. The molecular formula is C17H18ClN3O5S. The van der Waals surface area contributed by atoms with Crippen LogP contribution in [0.2, 0.25) is 5.02 Å². The van der Waals surface area contributed by atoms with Gasteiger partial charge in [0.1, 0.15) is 0 Å². The van der Waals surface area contributed by atoms with Crippen LogP contribution in [-0.4, -0.2) is 25.8 Å². The zero-order valence-electron chi connectivity index (χ0n) is 14.7. The van der Waals surface area contributed by atoms with Gasteiger partial charge in [-0.25, -0.2) is 13.1 Å². The van der Waals surface area contributed by atoms with Gasteiger partial charge in [0.05, 0.1) is 21.4 Å². The van der Waals surface area contributed by atoms with E-state index in [0.717, 1.165) is 17.7 Å². The Morgan fingerprint density at radius 3 is 2.56 bits per heavy atom. The number of amides is 1. The second kappa shape index (κ2) is 8.47. The van der Waals surface area contributed by atoms with Gasteiger partial charge in [-0.15, -0.1) is 0 Å². The van der Waals surface area contributed by atoms with E-state index in [1.165, 1.54) is 6.92 Å². The van der Waals surface area contributed by atoms with E-state index in [4.69, 9.17) is 11.6 Å². The number of para-hydroxylation sites is 1. The third kappa shape index (κ3) is 5.03. The highest BCUT2D eigenvalue weighted by Crippen LogP contribution is 2.29. The average Bonchev–Trinajstić information content (AvgIpc) is 2.62. The zero-order valence-corrected chi connectivity index (χ0v) is 16.2. The number of carbonyl (C=O) groups excluding carboxylic acids is 1. The van der Waals surface area contributed by atoms with Crippen molar-refractivity contribution >= 4 is 38.9 Å². The number of aryl methyl sites for hydroxylation is 1. The van der Waals surface area contributed by atoms with Crippen LogP contribution < -0.4 is 10.0 Å². The van der Waals surface area contributed by atoms with Gasteiger partial charge in [0.2, 0.25) is 15.9 Å². The summed E-state index contributed by atoms with van der Waals surface area (Å²) in [6.45, 7) is 2.82. The predicted octanol–water partition coefficient (Wildman–Crippen LogP) is 3.04. The van der Waals surface area contributed by atoms with Crippen LogP contribution in [0.25, 0.3) is 0 Å². The molecule has 8 nitrogen and oxygen atoms in total. The fourth-order valence-electron chi connectivity index (χ4n) is 2.37. The molecule has 0 radical (unpaired) electrons. The molecular weight excluding hydrogens is 394 g/mol. The molecule has 0 bridgehead atoms. The summed E-state index contributed by atoms with van der Waals surface area (Å²) >= 11 is 5.90. The third-order valence-electron chi connectivity index (χ3n) is 3.89. The van der Waals surface area contributed by atoms with E-state index in [0.29, 0.717) is 12.1 Å². The first-order valence-corrected chi connectivity index (χ1v) is 9.83. The second-order valence-corrected chi connectivity index (χ2v) is 7.86. The number of anilines is 1. The maximum Gasteiger partial charge on any atom is 0.275 e. The molecule has 0 aromatic heterocycles. The summed E-state index contributed by atoms with van der Waals surface area (Å²) in [5.74, 6) is -0.563. The number of benzene rings is 2. The summed E-state index contributed by atoms with van der Waals surface area (Å²) in [4.78, 5) is 22.0. The minimum atomic E-state index is -4.16. The van der Waals surface area contributed by atoms with E-state index < -0.39 is 33.1 Å². The lowest BCUT2D eigenvalue weighted by atomic mass is 10.1. The van der Waals surface area contributed by atoms with Crippen molar-refractivity contribution in [2.24, 2.45) is 0 Å². The number of nitro benzene ring substituents is 1. The standard InChI is InChI=1S/C17H18ClN3O5S/c1-3-12-6-4-5-7-15(12)20-17(22)10-19-27(25,26)13-8-14(18)11(2)16(9-13)21(23)24/h4-9,19H,3,10H2,1-2H3,(H,20,22). The van der Waals surface area contributed by atoms with Gasteiger partial charge >= 0.3 is 0 Å². The van der Waals surface area contributed by atoms with E-state index in [9.17, 15) is 23.3 Å². The van der Waals surface area contributed by atoms with E-state index in [-0.39, 0.29) is 15.5 Å². The van der Waals surface area contributed by atoms with Crippen molar-refractivity contribution in [3.8, 4) is 0 Å². The Bertz CT molecular complexity index is 992. The van der Waals surface area contributed by atoms with Crippen LogP contribution in [0, 0.1) is 17.0 Å². The van der Waals surface area contributed by atoms with E-state index in [1.807, 2.05) is 19.1 Å². The van der Waals surface area contributed by atoms with Gasteiger partial charge in [-0.1, -0.05) is 36.7 Å².